The first-order valence-electron chi connectivity index (χ1n) is 19.6. The number of esters is 1. The third kappa shape index (κ3) is 43.5. The van der Waals surface area contributed by atoms with Crippen molar-refractivity contribution < 1.29 is 42.7 Å². The molecule has 0 aromatic rings. The second-order valence-electron chi connectivity index (χ2n) is 12.3. The van der Waals surface area contributed by atoms with Gasteiger partial charge in [0.05, 0.1) is 85.9 Å². The molecule has 0 aliphatic rings. The summed E-state index contributed by atoms with van der Waals surface area (Å²) in [6.45, 7) is 10.1. The highest BCUT2D eigenvalue weighted by Crippen LogP contribution is 2.14. The summed E-state index contributed by atoms with van der Waals surface area (Å²) < 4.78 is 43.7. The van der Waals surface area contributed by atoms with Crippen molar-refractivity contribution >= 4 is 17.6 Å². The van der Waals surface area contributed by atoms with Gasteiger partial charge in [0.2, 0.25) is 0 Å². The fourth-order valence-electron chi connectivity index (χ4n) is 5.00. The van der Waals surface area contributed by atoms with Gasteiger partial charge in [-0.25, -0.2) is 0 Å². The van der Waals surface area contributed by atoms with Crippen molar-refractivity contribution in [1.29, 1.82) is 0 Å². The molecule has 0 amide bonds. The first kappa shape index (κ1) is 47.5. The monoisotopic (exact) mass is 711 g/mol. The summed E-state index contributed by atoms with van der Waals surface area (Å²) in [6, 6.07) is 0. The Morgan fingerprint density at radius 1 is 0.354 bits per heavy atom. The molecular weight excluding hydrogens is 636 g/mol. The number of rotatable bonds is 43. The molecular formula is C38H75ClO9. The molecule has 0 unspecified atom stereocenters. The SMILES string of the molecule is CCCCCCCCCCCCCCCCCC(=O)OCCOCCOCCOCCOCCOCCOCCOCCCCCCCl. The molecule has 0 heterocycles. The van der Waals surface area contributed by atoms with Crippen molar-refractivity contribution in [2.24, 2.45) is 0 Å². The maximum Gasteiger partial charge on any atom is 0.305 e. The highest BCUT2D eigenvalue weighted by Gasteiger charge is 2.03. The summed E-state index contributed by atoms with van der Waals surface area (Å²) in [5, 5.41) is 0. The van der Waals surface area contributed by atoms with E-state index in [4.69, 9.17) is 49.5 Å². The Bertz CT molecular complexity index is 601. The molecule has 10 heteroatoms. The molecule has 0 bridgehead atoms. The number of carbonyl (C=O) groups excluding carboxylic acids is 1. The van der Waals surface area contributed by atoms with Crippen molar-refractivity contribution in [2.75, 3.05) is 105 Å². The topological polar surface area (TPSA) is 90.9 Å². The number of alkyl halides is 1. The van der Waals surface area contributed by atoms with Crippen LogP contribution in [-0.4, -0.2) is 111 Å². The normalized spacial score (nSPS) is 11.5. The highest BCUT2D eigenvalue weighted by molar-refractivity contribution is 6.17. The Balaban J connectivity index is 3.13. The summed E-state index contributed by atoms with van der Waals surface area (Å²) in [7, 11) is 0. The molecule has 0 radical (unpaired) electrons. The Labute approximate surface area is 300 Å². The Kier molecular flexibility index (Phi) is 44.0. The molecule has 0 rings (SSSR count). The summed E-state index contributed by atoms with van der Waals surface area (Å²) in [5.41, 5.74) is 0. The van der Waals surface area contributed by atoms with Crippen LogP contribution in [0, 0.1) is 0 Å². The molecule has 0 aromatic carbocycles. The zero-order valence-electron chi connectivity index (χ0n) is 31.0. The molecule has 48 heavy (non-hydrogen) atoms. The van der Waals surface area contributed by atoms with Gasteiger partial charge in [0.25, 0.3) is 0 Å². The number of unbranched alkanes of at least 4 members (excludes halogenated alkanes) is 17. The molecule has 0 aromatic heterocycles. The first-order valence-corrected chi connectivity index (χ1v) is 20.1. The van der Waals surface area contributed by atoms with Crippen LogP contribution in [0.25, 0.3) is 0 Å². The van der Waals surface area contributed by atoms with E-state index in [0.717, 1.165) is 38.2 Å². The van der Waals surface area contributed by atoms with Gasteiger partial charge in [0.15, 0.2) is 0 Å². The Hall–Kier alpha value is -0.520. The number of halogens is 1. The third-order valence-electron chi connectivity index (χ3n) is 7.88. The quantitative estimate of drug-likeness (QED) is 0.0350. The standard InChI is InChI=1S/C38H75ClO9/c1-2-3-4-5-6-7-8-9-10-11-12-13-14-15-18-21-38(40)48-37-36-47-35-34-46-33-32-45-31-30-44-29-28-43-27-26-42-25-24-41-23-20-17-16-19-22-39/h2-37H2,1H3. The summed E-state index contributed by atoms with van der Waals surface area (Å²) >= 11 is 5.66. The third-order valence-corrected chi connectivity index (χ3v) is 8.15. The number of ether oxygens (including phenoxy) is 8. The molecule has 0 atom stereocenters. The van der Waals surface area contributed by atoms with E-state index in [2.05, 4.69) is 6.92 Å². The van der Waals surface area contributed by atoms with Gasteiger partial charge in [-0.05, 0) is 19.3 Å². The second-order valence-corrected chi connectivity index (χ2v) is 12.7. The van der Waals surface area contributed by atoms with E-state index >= 15 is 0 Å². The van der Waals surface area contributed by atoms with Crippen LogP contribution >= 0.6 is 11.6 Å². The lowest BCUT2D eigenvalue weighted by molar-refractivity contribution is -0.145. The largest absolute Gasteiger partial charge is 0.463 e. The molecule has 0 saturated heterocycles. The van der Waals surface area contributed by atoms with Gasteiger partial charge in [-0.1, -0.05) is 110 Å². The summed E-state index contributed by atoms with van der Waals surface area (Å²) in [5.74, 6) is 0.621. The van der Waals surface area contributed by atoms with Crippen molar-refractivity contribution in [3.05, 3.63) is 0 Å². The Morgan fingerprint density at radius 2 is 0.646 bits per heavy atom. The lowest BCUT2D eigenvalue weighted by Gasteiger charge is -2.09. The average molecular weight is 711 g/mol. The van der Waals surface area contributed by atoms with Crippen molar-refractivity contribution in [2.45, 2.75) is 135 Å². The van der Waals surface area contributed by atoms with Crippen LogP contribution in [0.2, 0.25) is 0 Å². The highest BCUT2D eigenvalue weighted by atomic mass is 35.5. The fraction of sp³-hybridized carbons (Fsp3) is 0.974. The smallest absolute Gasteiger partial charge is 0.305 e. The molecule has 9 nitrogen and oxygen atoms in total. The lowest BCUT2D eigenvalue weighted by Crippen LogP contribution is -2.15. The first-order chi connectivity index (χ1) is 23.8. The van der Waals surface area contributed by atoms with Gasteiger partial charge < -0.3 is 37.9 Å². The van der Waals surface area contributed by atoms with Crippen LogP contribution in [-0.2, 0) is 42.7 Å². The van der Waals surface area contributed by atoms with Gasteiger partial charge in [-0.15, -0.1) is 11.6 Å². The van der Waals surface area contributed by atoms with Crippen LogP contribution in [0.1, 0.15) is 135 Å². The molecule has 0 N–H and O–H groups in total. The number of hydrogen-bond acceptors (Lipinski definition) is 9. The zero-order chi connectivity index (χ0) is 34.7. The minimum Gasteiger partial charge on any atom is -0.463 e. The van der Waals surface area contributed by atoms with Gasteiger partial charge in [-0.2, -0.15) is 0 Å². The summed E-state index contributed by atoms with van der Waals surface area (Å²) in [4.78, 5) is 11.9. The van der Waals surface area contributed by atoms with Gasteiger partial charge in [-0.3, -0.25) is 4.79 Å². The maximum atomic E-state index is 11.9. The minimum absolute atomic E-state index is 0.124. The van der Waals surface area contributed by atoms with Crippen LogP contribution in [0.5, 0.6) is 0 Å². The Morgan fingerprint density at radius 3 is 1.02 bits per heavy atom. The predicted octanol–water partition coefficient (Wildman–Crippen LogP) is 8.71. The van der Waals surface area contributed by atoms with Crippen LogP contribution in [0.3, 0.4) is 0 Å². The second kappa shape index (κ2) is 44.5. The van der Waals surface area contributed by atoms with Crippen LogP contribution in [0.15, 0.2) is 0 Å². The van der Waals surface area contributed by atoms with Crippen LogP contribution in [0.4, 0.5) is 0 Å². The minimum atomic E-state index is -0.124. The van der Waals surface area contributed by atoms with Crippen molar-refractivity contribution in [1.82, 2.24) is 0 Å². The molecule has 0 aliphatic carbocycles. The van der Waals surface area contributed by atoms with Crippen molar-refractivity contribution in [3.63, 3.8) is 0 Å². The van der Waals surface area contributed by atoms with Gasteiger partial charge >= 0.3 is 5.97 Å². The molecule has 0 fully saturated rings. The fourth-order valence-corrected chi connectivity index (χ4v) is 5.19. The van der Waals surface area contributed by atoms with E-state index in [0.29, 0.717) is 98.9 Å². The lowest BCUT2D eigenvalue weighted by atomic mass is 10.0. The van der Waals surface area contributed by atoms with E-state index in [-0.39, 0.29) is 5.97 Å². The van der Waals surface area contributed by atoms with E-state index in [1.54, 1.807) is 0 Å². The van der Waals surface area contributed by atoms with Gasteiger partial charge in [0, 0.05) is 18.9 Å². The number of carbonyl (C=O) groups is 1. The molecule has 0 aliphatic heterocycles. The van der Waals surface area contributed by atoms with Crippen LogP contribution < -0.4 is 0 Å². The maximum absolute atomic E-state index is 11.9. The van der Waals surface area contributed by atoms with E-state index in [1.165, 1.54) is 96.3 Å². The average Bonchev–Trinajstić information content (AvgIpc) is 3.09. The van der Waals surface area contributed by atoms with E-state index in [9.17, 15) is 4.79 Å². The van der Waals surface area contributed by atoms with E-state index < -0.39 is 0 Å². The predicted molar refractivity (Wildman–Crippen MR) is 195 cm³/mol. The van der Waals surface area contributed by atoms with Crippen molar-refractivity contribution in [3.8, 4) is 0 Å². The zero-order valence-corrected chi connectivity index (χ0v) is 31.8. The summed E-state index contributed by atoms with van der Waals surface area (Å²) in [6.07, 6.45) is 24.8. The molecule has 0 spiro atoms. The van der Waals surface area contributed by atoms with Gasteiger partial charge in [0.1, 0.15) is 6.61 Å². The van der Waals surface area contributed by atoms with E-state index in [1.807, 2.05) is 0 Å². The molecule has 0 saturated carbocycles. The number of hydrogen-bond donors (Lipinski definition) is 0. The molecule has 288 valence electrons.